The molecule has 8 heteroatoms. The topological polar surface area (TPSA) is 30.9 Å². The minimum atomic E-state index is -2.11. The van der Waals surface area contributed by atoms with Crippen molar-refractivity contribution in [3.8, 4) is 0 Å². The van der Waals surface area contributed by atoms with Crippen molar-refractivity contribution in [2.45, 2.75) is 56.7 Å². The van der Waals surface area contributed by atoms with E-state index in [0.29, 0.717) is 13.2 Å². The van der Waals surface area contributed by atoms with Crippen molar-refractivity contribution < 1.29 is 13.6 Å². The molecule has 0 saturated carbocycles. The number of hydrogen-bond acceptors (Lipinski definition) is 6. The van der Waals surface area contributed by atoms with Gasteiger partial charge in [-0.25, -0.2) is 0 Å². The lowest BCUT2D eigenvalue weighted by molar-refractivity contribution is 0.240. The molecule has 30 heavy (non-hydrogen) atoms. The fourth-order valence-corrected chi connectivity index (χ4v) is 8.23. The minimum Gasteiger partial charge on any atom is -0.358 e. The molecule has 1 atom stereocenters. The van der Waals surface area contributed by atoms with Gasteiger partial charge in [-0.15, -0.1) is 24.4 Å². The summed E-state index contributed by atoms with van der Waals surface area (Å²) in [5.74, 6) is 1.12. The van der Waals surface area contributed by atoms with Gasteiger partial charge in [0.05, 0.1) is 19.5 Å². The molecule has 0 radical (unpaired) electrons. The largest absolute Gasteiger partial charge is 0.358 e. The molecule has 0 amide bonds. The molecule has 1 unspecified atom stereocenters. The number of unbranched alkanes of at least 4 members (excludes halogenated alkanes) is 1. The Morgan fingerprint density at radius 3 is 2.27 bits per heavy atom. The lowest BCUT2D eigenvalue weighted by atomic mass is 10.3. The number of hydrogen-bond donors (Lipinski definition) is 1. The second kappa shape index (κ2) is 17.0. The van der Waals surface area contributed by atoms with Gasteiger partial charge in [0.15, 0.2) is 0 Å². The van der Waals surface area contributed by atoms with Crippen LogP contribution in [0.25, 0.3) is 0 Å². The SMILES string of the molecule is C=P(CN(CCCCSc1ccc(S)cc1)CP(CCC)OCC)(OCC)OCC. The summed E-state index contributed by atoms with van der Waals surface area (Å²) in [6.07, 6.45) is 10.7. The molecule has 0 spiro atoms. The van der Waals surface area contributed by atoms with E-state index in [1.54, 1.807) is 0 Å². The van der Waals surface area contributed by atoms with Crippen molar-refractivity contribution in [3.63, 3.8) is 0 Å². The van der Waals surface area contributed by atoms with Gasteiger partial charge in [0.1, 0.15) is 7.34 Å². The summed E-state index contributed by atoms with van der Waals surface area (Å²) >= 11 is 6.27. The Morgan fingerprint density at radius 2 is 1.70 bits per heavy atom. The Labute approximate surface area is 196 Å². The van der Waals surface area contributed by atoms with Crippen molar-refractivity contribution in [3.05, 3.63) is 24.3 Å². The highest BCUT2D eigenvalue weighted by Crippen LogP contribution is 2.49. The van der Waals surface area contributed by atoms with Crippen molar-refractivity contribution in [2.75, 3.05) is 50.9 Å². The van der Waals surface area contributed by atoms with Gasteiger partial charge in [0, 0.05) is 30.8 Å². The van der Waals surface area contributed by atoms with Gasteiger partial charge in [-0.05, 0) is 76.3 Å². The first-order chi connectivity index (χ1) is 14.5. The molecule has 1 aromatic carbocycles. The van der Waals surface area contributed by atoms with Crippen LogP contribution in [-0.4, -0.2) is 62.1 Å². The summed E-state index contributed by atoms with van der Waals surface area (Å²) in [4.78, 5) is 4.81. The molecule has 0 N–H and O–H groups in total. The Morgan fingerprint density at radius 1 is 1.03 bits per heavy atom. The fraction of sp³-hybridized carbons (Fsp3) is 0.682. The molecule has 0 aliphatic rings. The van der Waals surface area contributed by atoms with Gasteiger partial charge in [-0.1, -0.05) is 19.6 Å². The molecule has 174 valence electrons. The molecule has 0 fully saturated rings. The van der Waals surface area contributed by atoms with Crippen LogP contribution in [0.2, 0.25) is 0 Å². The van der Waals surface area contributed by atoms with Crippen molar-refractivity contribution in [2.24, 2.45) is 0 Å². The predicted octanol–water partition coefficient (Wildman–Crippen LogP) is 7.26. The third-order valence-corrected chi connectivity index (χ3v) is 10.2. The minimum absolute atomic E-state index is 0.443. The predicted molar refractivity (Wildman–Crippen MR) is 141 cm³/mol. The first kappa shape index (κ1) is 28.5. The molecule has 0 bridgehead atoms. The average molecular weight is 494 g/mol. The molecule has 1 aromatic rings. The summed E-state index contributed by atoms with van der Waals surface area (Å²) in [5.41, 5.74) is 0. The van der Waals surface area contributed by atoms with E-state index in [2.05, 4.69) is 61.9 Å². The van der Waals surface area contributed by atoms with Gasteiger partial charge < -0.3 is 13.6 Å². The van der Waals surface area contributed by atoms with E-state index in [9.17, 15) is 0 Å². The van der Waals surface area contributed by atoms with E-state index in [1.807, 2.05) is 25.6 Å². The zero-order valence-corrected chi connectivity index (χ0v) is 22.7. The molecular weight excluding hydrogens is 452 g/mol. The van der Waals surface area contributed by atoms with Crippen molar-refractivity contribution >= 4 is 46.2 Å². The quantitative estimate of drug-likeness (QED) is 0.101. The monoisotopic (exact) mass is 493 g/mol. The number of thiol groups is 1. The third-order valence-electron chi connectivity index (χ3n) is 4.26. The van der Waals surface area contributed by atoms with E-state index in [0.717, 1.165) is 55.4 Å². The second-order valence-electron chi connectivity index (χ2n) is 7.00. The first-order valence-corrected chi connectivity index (χ1v) is 16.1. The van der Waals surface area contributed by atoms with Crippen LogP contribution in [0.15, 0.2) is 34.1 Å². The summed E-state index contributed by atoms with van der Waals surface area (Å²) in [6, 6.07) is 8.39. The van der Waals surface area contributed by atoms with E-state index in [4.69, 9.17) is 13.6 Å². The van der Waals surface area contributed by atoms with Gasteiger partial charge in [-0.2, -0.15) is 0 Å². The van der Waals surface area contributed by atoms with Gasteiger partial charge in [-0.3, -0.25) is 4.90 Å². The molecule has 1 rings (SSSR count). The fourth-order valence-electron chi connectivity index (χ4n) is 3.08. The zero-order chi connectivity index (χ0) is 22.2. The van der Waals surface area contributed by atoms with Crippen LogP contribution < -0.4 is 0 Å². The second-order valence-corrected chi connectivity index (χ2v) is 13.1. The summed E-state index contributed by atoms with van der Waals surface area (Å²) in [5, 5.41) is 0. The molecular formula is C22H41NO3P2S2. The summed E-state index contributed by atoms with van der Waals surface area (Å²) in [7, 11) is -2.55. The van der Waals surface area contributed by atoms with E-state index >= 15 is 0 Å². The highest BCUT2D eigenvalue weighted by molar-refractivity contribution is 7.99. The maximum Gasteiger partial charge on any atom is 0.131 e. The Kier molecular flexibility index (Phi) is 16.2. The summed E-state index contributed by atoms with van der Waals surface area (Å²) < 4.78 is 18.0. The number of rotatable bonds is 18. The Balaban J connectivity index is 2.61. The normalized spacial score (nSPS) is 13.1. The van der Waals surface area contributed by atoms with Crippen LogP contribution >= 0.6 is 39.9 Å². The first-order valence-electron chi connectivity index (χ1n) is 11.0. The summed E-state index contributed by atoms with van der Waals surface area (Å²) in [6.45, 7) is 11.5. The van der Waals surface area contributed by atoms with Crippen molar-refractivity contribution in [1.82, 2.24) is 4.90 Å². The van der Waals surface area contributed by atoms with Gasteiger partial charge >= 0.3 is 0 Å². The van der Waals surface area contributed by atoms with Crippen LogP contribution in [-0.2, 0) is 13.6 Å². The van der Waals surface area contributed by atoms with Gasteiger partial charge in [0.25, 0.3) is 0 Å². The van der Waals surface area contributed by atoms with Crippen LogP contribution in [0.3, 0.4) is 0 Å². The Hall–Kier alpha value is 0.490. The maximum absolute atomic E-state index is 6.07. The highest BCUT2D eigenvalue weighted by atomic mass is 32.2. The van der Waals surface area contributed by atoms with Crippen LogP contribution in [0.1, 0.15) is 47.0 Å². The van der Waals surface area contributed by atoms with Gasteiger partial charge in [0.2, 0.25) is 0 Å². The maximum atomic E-state index is 6.07. The van der Waals surface area contributed by atoms with E-state index in [1.165, 1.54) is 11.3 Å². The lowest BCUT2D eigenvalue weighted by Crippen LogP contribution is -2.28. The lowest BCUT2D eigenvalue weighted by Gasteiger charge is -2.33. The molecule has 0 saturated heterocycles. The van der Waals surface area contributed by atoms with Crippen LogP contribution in [0.4, 0.5) is 0 Å². The Bertz CT molecular complexity index is 589. The standard InChI is InChI=1S/C22H41NO3P2S2/c1-6-17-27(24-7-2)19-23(20-28(5,25-8-3)26-9-4)16-10-11-18-30-22-14-12-21(29)13-15-22/h12-15,29H,5-11,16-20H2,1-4H3. The van der Waals surface area contributed by atoms with Crippen molar-refractivity contribution in [1.29, 1.82) is 0 Å². The number of thioether (sulfide) groups is 1. The molecule has 0 aliphatic carbocycles. The molecule has 0 heterocycles. The molecule has 0 aromatic heterocycles. The van der Waals surface area contributed by atoms with E-state index in [-0.39, 0.29) is 0 Å². The molecule has 4 nitrogen and oxygen atoms in total. The third kappa shape index (κ3) is 12.5. The average Bonchev–Trinajstić information content (AvgIpc) is 2.69. The smallest absolute Gasteiger partial charge is 0.131 e. The molecule has 0 aliphatic heterocycles. The highest BCUT2D eigenvalue weighted by Gasteiger charge is 2.22. The van der Waals surface area contributed by atoms with E-state index < -0.39 is 15.5 Å². The number of nitrogens with zero attached hydrogens (tertiary/aromatic N) is 1. The zero-order valence-electron chi connectivity index (χ0n) is 19.2. The van der Waals surface area contributed by atoms with Crippen LogP contribution in [0, 0.1) is 0 Å². The number of benzene rings is 1. The van der Waals surface area contributed by atoms with Crippen LogP contribution in [0.5, 0.6) is 0 Å².